The first-order valence-corrected chi connectivity index (χ1v) is 14.8. The van der Waals surface area contributed by atoms with Crippen LogP contribution in [0.3, 0.4) is 0 Å². The van der Waals surface area contributed by atoms with Gasteiger partial charge in [-0.25, -0.2) is 13.9 Å². The van der Waals surface area contributed by atoms with Gasteiger partial charge in [-0.2, -0.15) is 0 Å². The average molecular weight is 638 g/mol. The molecule has 19 heteroatoms. The quantitative estimate of drug-likeness (QED) is 0.0693. The molecule has 1 saturated heterocycles. The number of nitrogens with zero attached hydrogens (tertiary/aromatic N) is 3. The number of phosphoric acid groups is 1. The summed E-state index contributed by atoms with van der Waals surface area (Å²) >= 11 is 1.12. The zero-order valence-electron chi connectivity index (χ0n) is 22.2. The molecule has 43 heavy (non-hydrogen) atoms. The largest absolute Gasteiger partial charge is 0.469 e. The Labute approximate surface area is 245 Å². The van der Waals surface area contributed by atoms with E-state index in [-0.39, 0.29) is 34.1 Å². The van der Waals surface area contributed by atoms with Crippen molar-refractivity contribution in [1.29, 1.82) is 0 Å². The molecule has 0 bridgehead atoms. The SMILES string of the molecule is COC(=O)c1sccc1NC(=O)c1cccc(Cn2c[n+]([C@H]3O[C@@H](COP(=O)(O)O)[C@H](O)[C@@H]3O)c3nc(N)[nH]c(=O)c32)c1. The van der Waals surface area contributed by atoms with Crippen LogP contribution in [0.25, 0.3) is 11.2 Å². The van der Waals surface area contributed by atoms with E-state index in [9.17, 15) is 29.2 Å². The zero-order chi connectivity index (χ0) is 31.1. The maximum atomic E-state index is 13.0. The third kappa shape index (κ3) is 6.36. The Bertz CT molecular complexity index is 1800. The van der Waals surface area contributed by atoms with Gasteiger partial charge in [0.05, 0.1) is 25.9 Å². The van der Waals surface area contributed by atoms with Crippen LogP contribution in [0.2, 0.25) is 0 Å². The highest BCUT2D eigenvalue weighted by atomic mass is 32.1. The number of ether oxygens (including phenoxy) is 2. The minimum absolute atomic E-state index is 0.0178. The van der Waals surface area contributed by atoms with E-state index in [4.69, 9.17) is 25.0 Å². The molecule has 4 atom stereocenters. The molecule has 0 saturated carbocycles. The summed E-state index contributed by atoms with van der Waals surface area (Å²) in [6.45, 7) is -0.697. The van der Waals surface area contributed by atoms with Gasteiger partial charge >= 0.3 is 19.4 Å². The molecule has 228 valence electrons. The van der Waals surface area contributed by atoms with Gasteiger partial charge in [-0.3, -0.25) is 23.7 Å². The molecule has 5 rings (SSSR count). The number of methoxy groups -OCH3 is 1. The lowest BCUT2D eigenvalue weighted by molar-refractivity contribution is -0.745. The molecule has 4 aromatic rings. The van der Waals surface area contributed by atoms with E-state index < -0.39 is 56.4 Å². The number of amides is 1. The summed E-state index contributed by atoms with van der Waals surface area (Å²) in [5.41, 5.74) is 6.26. The van der Waals surface area contributed by atoms with E-state index in [2.05, 4.69) is 19.8 Å². The minimum Gasteiger partial charge on any atom is -0.465 e. The minimum atomic E-state index is -4.89. The second kappa shape index (κ2) is 11.9. The molecule has 1 aliphatic rings. The number of nitrogen functional groups attached to an aromatic ring is 1. The number of hydrogen-bond donors (Lipinski definition) is 7. The molecule has 3 aromatic heterocycles. The van der Waals surface area contributed by atoms with Crippen molar-refractivity contribution in [1.82, 2.24) is 14.5 Å². The van der Waals surface area contributed by atoms with E-state index in [1.165, 1.54) is 22.6 Å². The van der Waals surface area contributed by atoms with Crippen LogP contribution in [-0.4, -0.2) is 78.4 Å². The average Bonchev–Trinajstić information content (AvgIpc) is 3.63. The zero-order valence-corrected chi connectivity index (χ0v) is 23.9. The predicted octanol–water partition coefficient (Wildman–Crippen LogP) is -0.529. The van der Waals surface area contributed by atoms with Gasteiger partial charge in [0.25, 0.3) is 17.4 Å². The smallest absolute Gasteiger partial charge is 0.465 e. The number of fused-ring (bicyclic) bond motifs is 1. The molecule has 4 heterocycles. The van der Waals surface area contributed by atoms with E-state index in [0.717, 1.165) is 11.3 Å². The van der Waals surface area contributed by atoms with Crippen LogP contribution >= 0.6 is 19.2 Å². The highest BCUT2D eigenvalue weighted by Crippen LogP contribution is 2.38. The lowest BCUT2D eigenvalue weighted by Crippen LogP contribution is -2.46. The Morgan fingerprint density at radius 2 is 2.05 bits per heavy atom. The lowest BCUT2D eigenvalue weighted by atomic mass is 10.1. The summed E-state index contributed by atoms with van der Waals surface area (Å²) in [6, 6.07) is 8.06. The van der Waals surface area contributed by atoms with Gasteiger partial charge in [-0.05, 0) is 29.1 Å². The Balaban J connectivity index is 1.44. The topological polar surface area (TPSA) is 252 Å². The third-order valence-electron chi connectivity index (χ3n) is 6.54. The highest BCUT2D eigenvalue weighted by molar-refractivity contribution is 7.46. The maximum absolute atomic E-state index is 13.0. The molecule has 0 radical (unpaired) electrons. The van der Waals surface area contributed by atoms with E-state index in [0.29, 0.717) is 11.3 Å². The number of carbonyl (C=O) groups is 2. The van der Waals surface area contributed by atoms with Crippen molar-refractivity contribution < 1.29 is 52.7 Å². The third-order valence-corrected chi connectivity index (χ3v) is 7.91. The van der Waals surface area contributed by atoms with Crippen LogP contribution in [0.15, 0.2) is 46.8 Å². The number of aromatic amines is 1. The number of aliphatic hydroxyl groups is 2. The number of H-pyrrole nitrogens is 1. The molecular weight excluding hydrogens is 611 g/mol. The van der Waals surface area contributed by atoms with Crippen LogP contribution in [0.5, 0.6) is 0 Å². The van der Waals surface area contributed by atoms with E-state index >= 15 is 0 Å². The number of phosphoric ester groups is 1. The standard InChI is InChI=1S/C24H25N6O11PS/c1-39-23(35)18-13(5-6-43-18)26-20(33)12-4-2-3-11(7-12)8-29-10-30(19-15(29)21(34)28-24(25)27-19)22-17(32)16(31)14(41-22)9-40-42(36,37)38/h2-7,10,14,16-17,22,31-32H,8-9H2,1H3,(H5-,25,26,27,28,33,34,35,36,37,38)/p+1/t14-,16-,17-,22-/m0/s1. The number of nitrogens with one attached hydrogen (secondary N) is 2. The maximum Gasteiger partial charge on any atom is 0.469 e. The van der Waals surface area contributed by atoms with Crippen molar-refractivity contribution in [2.45, 2.75) is 31.1 Å². The Hall–Kier alpha value is -4.00. The number of anilines is 2. The van der Waals surface area contributed by atoms with Crippen molar-refractivity contribution in [3.8, 4) is 0 Å². The molecule has 1 aliphatic heterocycles. The molecule has 17 nitrogen and oxygen atoms in total. The first-order valence-electron chi connectivity index (χ1n) is 12.4. The molecular formula is C24H26N6O11PS+. The summed E-state index contributed by atoms with van der Waals surface area (Å²) in [7, 11) is -3.65. The number of thiophene rings is 1. The molecule has 1 amide bonds. The van der Waals surface area contributed by atoms with Crippen molar-refractivity contribution >= 4 is 53.8 Å². The van der Waals surface area contributed by atoms with Crippen LogP contribution in [-0.2, 0) is 25.1 Å². The molecule has 8 N–H and O–H groups in total. The van der Waals surface area contributed by atoms with Crippen molar-refractivity contribution in [3.63, 3.8) is 0 Å². The van der Waals surface area contributed by atoms with Crippen LogP contribution in [0, 0.1) is 0 Å². The van der Waals surface area contributed by atoms with Gasteiger partial charge in [-0.15, -0.1) is 11.3 Å². The number of benzene rings is 1. The number of carbonyl (C=O) groups excluding carboxylic acids is 2. The van der Waals surface area contributed by atoms with Crippen molar-refractivity contribution in [2.24, 2.45) is 0 Å². The fourth-order valence-electron chi connectivity index (χ4n) is 4.61. The van der Waals surface area contributed by atoms with Crippen molar-refractivity contribution in [3.05, 3.63) is 68.4 Å². The second-order valence-electron chi connectivity index (χ2n) is 9.42. The first kappa shape index (κ1) is 30.5. The van der Waals surface area contributed by atoms with Gasteiger partial charge in [0.2, 0.25) is 11.7 Å². The summed E-state index contributed by atoms with van der Waals surface area (Å²) in [5.74, 6) is -1.32. The Kier molecular flexibility index (Phi) is 8.46. The summed E-state index contributed by atoms with van der Waals surface area (Å²) in [6.07, 6.45) is -4.48. The second-order valence-corrected chi connectivity index (χ2v) is 11.6. The molecule has 0 spiro atoms. The Morgan fingerprint density at radius 3 is 2.77 bits per heavy atom. The van der Waals surface area contributed by atoms with E-state index in [1.807, 2.05) is 0 Å². The molecule has 0 aliphatic carbocycles. The van der Waals surface area contributed by atoms with Crippen molar-refractivity contribution in [2.75, 3.05) is 24.8 Å². The Morgan fingerprint density at radius 1 is 1.28 bits per heavy atom. The normalized spacial score (nSPS) is 20.4. The number of rotatable bonds is 9. The van der Waals surface area contributed by atoms with Gasteiger partial charge in [-0.1, -0.05) is 17.1 Å². The summed E-state index contributed by atoms with van der Waals surface area (Å²) < 4.78 is 28.7. The number of esters is 1. The fraction of sp³-hybridized carbons (Fsp3) is 0.292. The molecule has 1 aromatic carbocycles. The fourth-order valence-corrected chi connectivity index (χ4v) is 5.71. The van der Waals surface area contributed by atoms with Gasteiger partial charge in [0, 0.05) is 5.56 Å². The van der Waals surface area contributed by atoms with E-state index in [1.54, 1.807) is 35.7 Å². The molecule has 0 unspecified atom stereocenters. The van der Waals surface area contributed by atoms with Crippen LogP contribution < -0.4 is 21.2 Å². The molecule has 1 fully saturated rings. The number of nitrogens with two attached hydrogens (primary N) is 1. The van der Waals surface area contributed by atoms with Gasteiger partial charge in [0.15, 0.2) is 6.33 Å². The van der Waals surface area contributed by atoms with Gasteiger partial charge in [0.1, 0.15) is 23.2 Å². The van der Waals surface area contributed by atoms with Crippen LogP contribution in [0.1, 0.15) is 31.8 Å². The monoisotopic (exact) mass is 637 g/mol. The van der Waals surface area contributed by atoms with Gasteiger partial charge < -0.3 is 40.5 Å². The highest BCUT2D eigenvalue weighted by Gasteiger charge is 2.47. The lowest BCUT2D eigenvalue weighted by Gasteiger charge is -2.14. The number of aliphatic hydroxyl groups excluding tert-OH is 2. The van der Waals surface area contributed by atoms with Crippen LogP contribution in [0.4, 0.5) is 11.6 Å². The number of imidazole rings is 1. The summed E-state index contributed by atoms with van der Waals surface area (Å²) in [4.78, 5) is 62.7. The number of hydrogen-bond acceptors (Lipinski definition) is 12. The summed E-state index contributed by atoms with van der Waals surface area (Å²) in [5, 5.41) is 25.5. The predicted molar refractivity (Wildman–Crippen MR) is 148 cm³/mol. The first-order chi connectivity index (χ1) is 20.4. The number of aromatic nitrogens is 4.